The molecular formula is C28H22ClN5O2S. The smallest absolute Gasteiger partial charge is 0.257 e. The van der Waals surface area contributed by atoms with Crippen LogP contribution in [0.5, 0.6) is 5.75 Å². The first-order chi connectivity index (χ1) is 17.9. The maximum atomic E-state index is 12.7. The van der Waals surface area contributed by atoms with Crippen LogP contribution in [-0.2, 0) is 6.61 Å². The molecule has 5 rings (SSSR count). The van der Waals surface area contributed by atoms with E-state index in [0.717, 1.165) is 16.8 Å². The van der Waals surface area contributed by atoms with Gasteiger partial charge in [0.2, 0.25) is 0 Å². The van der Waals surface area contributed by atoms with E-state index in [1.54, 1.807) is 41.2 Å². The molecule has 0 aliphatic carbocycles. The van der Waals surface area contributed by atoms with Crippen LogP contribution < -0.4 is 15.4 Å². The Balaban J connectivity index is 1.21. The third kappa shape index (κ3) is 5.94. The number of ether oxygens (including phenoxy) is 1. The van der Waals surface area contributed by atoms with Crippen LogP contribution in [0.4, 0.5) is 5.69 Å². The lowest BCUT2D eigenvalue weighted by Crippen LogP contribution is -2.34. The highest BCUT2D eigenvalue weighted by Crippen LogP contribution is 2.27. The summed E-state index contributed by atoms with van der Waals surface area (Å²) in [4.78, 5) is 14.2. The van der Waals surface area contributed by atoms with Gasteiger partial charge >= 0.3 is 0 Å². The number of carbonyl (C=O) groups is 1. The summed E-state index contributed by atoms with van der Waals surface area (Å²) < 4.78 is 5.77. The molecule has 0 aliphatic heterocycles. The zero-order chi connectivity index (χ0) is 25.8. The lowest BCUT2D eigenvalue weighted by molar-refractivity contribution is 0.0977. The minimum atomic E-state index is -0.352. The number of amides is 1. The number of carbonyl (C=O) groups excluding carboxylic acids is 1. The van der Waals surface area contributed by atoms with Gasteiger partial charge in [0.1, 0.15) is 23.4 Å². The molecule has 1 amide bonds. The third-order valence-electron chi connectivity index (χ3n) is 5.57. The van der Waals surface area contributed by atoms with Gasteiger partial charge in [-0.15, -0.1) is 10.2 Å². The second-order valence-corrected chi connectivity index (χ2v) is 9.17. The highest BCUT2D eigenvalue weighted by molar-refractivity contribution is 7.80. The number of halogens is 1. The molecule has 37 heavy (non-hydrogen) atoms. The minimum absolute atomic E-state index is 0.113. The monoisotopic (exact) mass is 527 g/mol. The van der Waals surface area contributed by atoms with Crippen LogP contribution in [0.15, 0.2) is 91.0 Å². The molecule has 0 radical (unpaired) electrons. The number of nitrogens with one attached hydrogen (secondary N) is 2. The lowest BCUT2D eigenvalue weighted by Gasteiger charge is -2.11. The fourth-order valence-corrected chi connectivity index (χ4v) is 4.01. The van der Waals surface area contributed by atoms with Crippen molar-refractivity contribution in [3.63, 3.8) is 0 Å². The summed E-state index contributed by atoms with van der Waals surface area (Å²) in [6.07, 6.45) is 0. The summed E-state index contributed by atoms with van der Waals surface area (Å²) in [5.41, 5.74) is 5.28. The molecule has 0 saturated carbocycles. The average Bonchev–Trinajstić information content (AvgIpc) is 3.31. The van der Waals surface area contributed by atoms with Crippen LogP contribution >= 0.6 is 23.8 Å². The molecule has 0 saturated heterocycles. The third-order valence-corrected chi connectivity index (χ3v) is 6.09. The maximum absolute atomic E-state index is 12.7. The van der Waals surface area contributed by atoms with Gasteiger partial charge in [0, 0.05) is 5.56 Å². The Bertz CT molecular complexity index is 1570. The molecule has 1 aromatic heterocycles. The first kappa shape index (κ1) is 24.4. The molecule has 0 unspecified atom stereocenters. The normalized spacial score (nSPS) is 10.8. The van der Waals surface area contributed by atoms with E-state index >= 15 is 0 Å². The van der Waals surface area contributed by atoms with Crippen LogP contribution in [0.25, 0.3) is 16.7 Å². The Kier molecular flexibility index (Phi) is 7.11. The average molecular weight is 528 g/mol. The number of nitrogens with zero attached hydrogens (tertiary/aromatic N) is 3. The number of aryl methyl sites for hydroxylation is 1. The van der Waals surface area contributed by atoms with E-state index in [4.69, 9.17) is 28.6 Å². The maximum Gasteiger partial charge on any atom is 0.257 e. The molecule has 2 N–H and O–H groups in total. The van der Waals surface area contributed by atoms with Crippen LogP contribution in [0.2, 0.25) is 5.02 Å². The van der Waals surface area contributed by atoms with Crippen molar-refractivity contribution in [2.45, 2.75) is 13.5 Å². The lowest BCUT2D eigenvalue weighted by atomic mass is 10.2. The zero-order valence-electron chi connectivity index (χ0n) is 19.8. The molecule has 9 heteroatoms. The van der Waals surface area contributed by atoms with Gasteiger partial charge in [-0.25, -0.2) is 0 Å². The van der Waals surface area contributed by atoms with E-state index in [1.165, 1.54) is 0 Å². The zero-order valence-corrected chi connectivity index (χ0v) is 21.4. The van der Waals surface area contributed by atoms with Crippen LogP contribution in [0, 0.1) is 6.92 Å². The van der Waals surface area contributed by atoms with E-state index in [0.29, 0.717) is 39.7 Å². The molecule has 184 valence electrons. The number of anilines is 1. The summed E-state index contributed by atoms with van der Waals surface area (Å²) in [6.45, 7) is 2.47. The summed E-state index contributed by atoms with van der Waals surface area (Å²) >= 11 is 11.8. The molecule has 4 aromatic carbocycles. The van der Waals surface area contributed by atoms with E-state index < -0.39 is 0 Å². The van der Waals surface area contributed by atoms with Crippen molar-refractivity contribution in [2.75, 3.05) is 5.32 Å². The fraction of sp³-hybridized carbons (Fsp3) is 0.0714. The van der Waals surface area contributed by atoms with E-state index in [1.807, 2.05) is 61.5 Å². The number of hydrogen-bond acceptors (Lipinski definition) is 5. The summed E-state index contributed by atoms with van der Waals surface area (Å²) in [7, 11) is 0. The predicted molar refractivity (Wildman–Crippen MR) is 150 cm³/mol. The quantitative estimate of drug-likeness (QED) is 0.260. The molecule has 0 atom stereocenters. The van der Waals surface area contributed by atoms with Gasteiger partial charge in [0.05, 0.1) is 16.4 Å². The van der Waals surface area contributed by atoms with Crippen molar-refractivity contribution in [1.29, 1.82) is 0 Å². The van der Waals surface area contributed by atoms with Gasteiger partial charge < -0.3 is 10.1 Å². The molecular weight excluding hydrogens is 506 g/mol. The molecule has 1 heterocycles. The number of thiocarbonyl (C=S) groups is 1. The second kappa shape index (κ2) is 10.8. The van der Waals surface area contributed by atoms with E-state index in [-0.39, 0.29) is 11.0 Å². The Morgan fingerprint density at radius 2 is 1.62 bits per heavy atom. The molecule has 0 fully saturated rings. The Hall–Kier alpha value is -4.27. The van der Waals surface area contributed by atoms with Crippen molar-refractivity contribution in [3.05, 3.63) is 113 Å². The van der Waals surface area contributed by atoms with Crippen molar-refractivity contribution < 1.29 is 9.53 Å². The van der Waals surface area contributed by atoms with Crippen molar-refractivity contribution in [1.82, 2.24) is 20.3 Å². The SMILES string of the molecule is Cc1ccc(-n2nc3cc(Cl)c(NC(=S)NC(=O)c4ccc(OCc5ccccc5)cc4)cc3n2)cc1. The van der Waals surface area contributed by atoms with Gasteiger partial charge in [0.25, 0.3) is 5.91 Å². The van der Waals surface area contributed by atoms with Crippen molar-refractivity contribution in [3.8, 4) is 11.4 Å². The molecule has 7 nitrogen and oxygen atoms in total. The predicted octanol–water partition coefficient (Wildman–Crippen LogP) is 6.09. The van der Waals surface area contributed by atoms with E-state index in [2.05, 4.69) is 20.8 Å². The van der Waals surface area contributed by atoms with Gasteiger partial charge in [0.15, 0.2) is 5.11 Å². The highest BCUT2D eigenvalue weighted by atomic mass is 35.5. The Morgan fingerprint density at radius 1 is 0.946 bits per heavy atom. The van der Waals surface area contributed by atoms with Gasteiger partial charge in [-0.1, -0.05) is 59.6 Å². The number of benzene rings is 4. The topological polar surface area (TPSA) is 81.1 Å². The first-order valence-electron chi connectivity index (χ1n) is 11.5. The number of fused-ring (bicyclic) bond motifs is 1. The number of aromatic nitrogens is 3. The molecule has 5 aromatic rings. The first-order valence-corrected chi connectivity index (χ1v) is 12.3. The van der Waals surface area contributed by atoms with Gasteiger partial charge in [-0.05, 0) is 73.2 Å². The van der Waals surface area contributed by atoms with Gasteiger partial charge in [-0.3, -0.25) is 10.1 Å². The number of hydrogen-bond donors (Lipinski definition) is 2. The van der Waals surface area contributed by atoms with Crippen LogP contribution in [-0.4, -0.2) is 26.0 Å². The van der Waals surface area contributed by atoms with Gasteiger partial charge in [-0.2, -0.15) is 4.80 Å². The molecule has 0 spiro atoms. The fourth-order valence-electron chi connectivity index (χ4n) is 3.60. The van der Waals surface area contributed by atoms with Crippen molar-refractivity contribution >= 4 is 51.6 Å². The second-order valence-electron chi connectivity index (χ2n) is 8.35. The minimum Gasteiger partial charge on any atom is -0.489 e. The molecule has 0 bridgehead atoms. The highest BCUT2D eigenvalue weighted by Gasteiger charge is 2.13. The van der Waals surface area contributed by atoms with Crippen LogP contribution in [0.1, 0.15) is 21.5 Å². The Morgan fingerprint density at radius 3 is 2.32 bits per heavy atom. The largest absolute Gasteiger partial charge is 0.489 e. The van der Waals surface area contributed by atoms with E-state index in [9.17, 15) is 4.79 Å². The molecule has 0 aliphatic rings. The van der Waals surface area contributed by atoms with Crippen LogP contribution in [0.3, 0.4) is 0 Å². The van der Waals surface area contributed by atoms with Crippen molar-refractivity contribution in [2.24, 2.45) is 0 Å². The standard InChI is InChI=1S/C28H22ClN5O2S/c1-18-7-11-21(12-8-18)34-32-25-15-23(29)24(16-26(25)33-34)30-28(37)31-27(35)20-9-13-22(14-10-20)36-17-19-5-3-2-4-6-19/h2-16H,17H2,1H3,(H2,30,31,35,37). The Labute approximate surface area is 224 Å². The summed E-state index contributed by atoms with van der Waals surface area (Å²) in [5, 5.41) is 15.2. The summed E-state index contributed by atoms with van der Waals surface area (Å²) in [6, 6.07) is 28.1. The summed E-state index contributed by atoms with van der Waals surface area (Å²) in [5.74, 6) is 0.314. The number of rotatable bonds is 6.